The van der Waals surface area contributed by atoms with E-state index in [1.165, 1.54) is 19.2 Å². The second-order valence-corrected chi connectivity index (χ2v) is 9.06. The minimum atomic E-state index is -1.36. The van der Waals surface area contributed by atoms with Crippen molar-refractivity contribution in [2.24, 2.45) is 5.73 Å². The predicted molar refractivity (Wildman–Crippen MR) is 141 cm³/mol. The van der Waals surface area contributed by atoms with Gasteiger partial charge in [0.05, 0.1) is 18.4 Å². The summed E-state index contributed by atoms with van der Waals surface area (Å²) in [6, 6.07) is 17.8. The molecule has 6 heteroatoms. The van der Waals surface area contributed by atoms with Gasteiger partial charge in [0, 0.05) is 18.4 Å². The molecule has 0 heterocycles. The van der Waals surface area contributed by atoms with Crippen LogP contribution in [0.4, 0.5) is 4.39 Å². The average Bonchev–Trinajstić information content (AvgIpc) is 2.86. The van der Waals surface area contributed by atoms with Gasteiger partial charge in [-0.05, 0) is 72.4 Å². The lowest BCUT2D eigenvalue weighted by Crippen LogP contribution is -2.50. The largest absolute Gasteiger partial charge is 0.502 e. The Morgan fingerprint density at radius 1 is 1.06 bits per heavy atom. The van der Waals surface area contributed by atoms with Gasteiger partial charge in [0.15, 0.2) is 5.78 Å². The summed E-state index contributed by atoms with van der Waals surface area (Å²) in [4.78, 5) is 25.5. The fourth-order valence-electron chi connectivity index (χ4n) is 4.10. The summed E-state index contributed by atoms with van der Waals surface area (Å²) in [6.07, 6.45) is 1.14. The van der Waals surface area contributed by atoms with Crippen LogP contribution in [0, 0.1) is 12.7 Å². The molecular formula is C30H33FN2O3. The monoisotopic (exact) mass is 488 g/mol. The number of carbonyl (C=O) groups excluding carboxylic acids is 2. The van der Waals surface area contributed by atoms with Gasteiger partial charge in [0.25, 0.3) is 5.91 Å². The lowest BCUT2D eigenvalue weighted by atomic mass is 9.93. The third-order valence-electron chi connectivity index (χ3n) is 6.35. The Morgan fingerprint density at radius 2 is 1.78 bits per heavy atom. The Balaban J connectivity index is 1.79. The number of nitrogens with two attached hydrogens (primary N) is 1. The molecule has 5 nitrogen and oxygen atoms in total. The van der Waals surface area contributed by atoms with Crippen LogP contribution < -0.4 is 11.1 Å². The number of allylic oxidation sites excluding steroid dienone is 1. The van der Waals surface area contributed by atoms with Gasteiger partial charge in [-0.2, -0.15) is 0 Å². The molecule has 0 saturated carbocycles. The van der Waals surface area contributed by atoms with Crippen LogP contribution in [0.3, 0.4) is 0 Å². The van der Waals surface area contributed by atoms with Gasteiger partial charge >= 0.3 is 0 Å². The summed E-state index contributed by atoms with van der Waals surface area (Å²) in [5.41, 5.74) is 10.2. The fraction of sp³-hybridized carbons (Fsp3) is 0.267. The molecular weight excluding hydrogens is 455 g/mol. The van der Waals surface area contributed by atoms with Gasteiger partial charge < -0.3 is 15.8 Å². The third kappa shape index (κ3) is 6.07. The van der Waals surface area contributed by atoms with Crippen LogP contribution in [0.1, 0.15) is 64.1 Å². The van der Waals surface area contributed by atoms with Crippen LogP contribution >= 0.6 is 0 Å². The summed E-state index contributed by atoms with van der Waals surface area (Å²) in [5, 5.41) is 2.79. The number of amides is 1. The lowest BCUT2D eigenvalue weighted by molar-refractivity contribution is 0.0905. The number of Topliss-reactive ketones (excluding diaryl/α,β-unsaturated/α-hetero) is 1. The number of ether oxygens (including phenoxy) is 1. The topological polar surface area (TPSA) is 81.4 Å². The Hall–Kier alpha value is -3.77. The number of hydrogen-bond donors (Lipinski definition) is 2. The molecule has 0 fully saturated rings. The highest BCUT2D eigenvalue weighted by molar-refractivity contribution is 5.97. The zero-order valence-corrected chi connectivity index (χ0v) is 21.3. The number of aryl methyl sites for hydroxylation is 2. The van der Waals surface area contributed by atoms with E-state index in [0.717, 1.165) is 28.7 Å². The average molecular weight is 489 g/mol. The third-order valence-corrected chi connectivity index (χ3v) is 6.35. The second-order valence-electron chi connectivity index (χ2n) is 9.06. The number of hydrogen-bond acceptors (Lipinski definition) is 4. The van der Waals surface area contributed by atoms with Crippen LogP contribution in [0.15, 0.2) is 73.0 Å². The van der Waals surface area contributed by atoms with Crippen LogP contribution in [-0.2, 0) is 16.8 Å². The van der Waals surface area contributed by atoms with E-state index in [9.17, 15) is 14.0 Å². The minimum absolute atomic E-state index is 0.0378. The van der Waals surface area contributed by atoms with Crippen LogP contribution in [-0.4, -0.2) is 18.8 Å². The van der Waals surface area contributed by atoms with Crippen molar-refractivity contribution in [3.8, 4) is 11.1 Å². The molecule has 0 saturated heterocycles. The molecule has 36 heavy (non-hydrogen) atoms. The maximum Gasteiger partial charge on any atom is 0.252 e. The van der Waals surface area contributed by atoms with Crippen molar-refractivity contribution in [2.45, 2.75) is 45.7 Å². The van der Waals surface area contributed by atoms with Crippen molar-refractivity contribution in [3.05, 3.63) is 107 Å². The molecule has 3 rings (SSSR count). The van der Waals surface area contributed by atoms with E-state index in [-0.39, 0.29) is 23.7 Å². The Morgan fingerprint density at radius 3 is 2.42 bits per heavy atom. The highest BCUT2D eigenvalue weighted by atomic mass is 19.1. The number of nitrogens with one attached hydrogen (secondary N) is 1. The molecule has 0 aliphatic carbocycles. The highest BCUT2D eigenvalue weighted by Crippen LogP contribution is 2.28. The molecule has 0 bridgehead atoms. The zero-order valence-electron chi connectivity index (χ0n) is 21.3. The van der Waals surface area contributed by atoms with Crippen molar-refractivity contribution >= 4 is 11.7 Å². The van der Waals surface area contributed by atoms with Gasteiger partial charge in [-0.3, -0.25) is 9.59 Å². The molecule has 0 aliphatic heterocycles. The number of ketones is 1. The number of halogens is 1. The fourth-order valence-corrected chi connectivity index (χ4v) is 4.10. The summed E-state index contributed by atoms with van der Waals surface area (Å²) >= 11 is 0. The SMILES string of the molecule is C=C(CCC(=O)c1ccc(C(C)(N)NC(=O)c2ccc(-c3ccccc3C)c(CC)c2)cc1F)OC. The first-order chi connectivity index (χ1) is 17.1. The zero-order chi connectivity index (χ0) is 26.5. The number of methoxy groups -OCH3 is 1. The van der Waals surface area contributed by atoms with Gasteiger partial charge in [0.2, 0.25) is 0 Å². The molecule has 1 unspecified atom stereocenters. The van der Waals surface area contributed by atoms with E-state index in [2.05, 4.69) is 31.0 Å². The molecule has 3 N–H and O–H groups in total. The molecule has 3 aromatic rings. The first-order valence-electron chi connectivity index (χ1n) is 11.9. The molecule has 0 aromatic heterocycles. The number of benzene rings is 3. The van der Waals surface area contributed by atoms with E-state index in [0.29, 0.717) is 23.3 Å². The van der Waals surface area contributed by atoms with E-state index in [1.54, 1.807) is 19.1 Å². The summed E-state index contributed by atoms with van der Waals surface area (Å²) in [5.74, 6) is -0.969. The second kappa shape index (κ2) is 11.3. The predicted octanol–water partition coefficient (Wildman–Crippen LogP) is 6.05. The molecule has 0 aliphatic rings. The van der Waals surface area contributed by atoms with E-state index in [1.807, 2.05) is 31.2 Å². The van der Waals surface area contributed by atoms with E-state index in [4.69, 9.17) is 10.5 Å². The Kier molecular flexibility index (Phi) is 8.43. The maximum atomic E-state index is 14.8. The van der Waals surface area contributed by atoms with E-state index >= 15 is 0 Å². The molecule has 1 amide bonds. The maximum absolute atomic E-state index is 14.8. The van der Waals surface area contributed by atoms with Crippen LogP contribution in [0.25, 0.3) is 11.1 Å². The standard InChI is InChI=1S/C30H33FN2O3/c1-6-21-17-22(12-14-25(21)24-10-8-7-9-19(24)2)29(35)33-30(4,32)23-13-15-26(27(31)18-23)28(34)16-11-20(3)36-5/h7-10,12-15,17-18H,3,6,11,16,32H2,1-2,4-5H3,(H,33,35). The van der Waals surface area contributed by atoms with Gasteiger partial charge in [-0.25, -0.2) is 4.39 Å². The molecule has 188 valence electrons. The highest BCUT2D eigenvalue weighted by Gasteiger charge is 2.26. The smallest absolute Gasteiger partial charge is 0.252 e. The van der Waals surface area contributed by atoms with Crippen molar-refractivity contribution < 1.29 is 18.7 Å². The van der Waals surface area contributed by atoms with Crippen molar-refractivity contribution in [1.82, 2.24) is 5.32 Å². The molecule has 1 atom stereocenters. The first kappa shape index (κ1) is 26.8. The van der Waals surface area contributed by atoms with Crippen LogP contribution in [0.5, 0.6) is 0 Å². The lowest BCUT2D eigenvalue weighted by Gasteiger charge is -2.27. The Bertz CT molecular complexity index is 1300. The molecule has 0 radical (unpaired) electrons. The summed E-state index contributed by atoms with van der Waals surface area (Å²) < 4.78 is 19.7. The van der Waals surface area contributed by atoms with Gasteiger partial charge in [-0.1, -0.05) is 49.9 Å². The van der Waals surface area contributed by atoms with Gasteiger partial charge in [0.1, 0.15) is 11.5 Å². The quantitative estimate of drug-likeness (QED) is 0.207. The van der Waals surface area contributed by atoms with Crippen molar-refractivity contribution in [2.75, 3.05) is 7.11 Å². The normalized spacial score (nSPS) is 12.5. The molecule has 3 aromatic carbocycles. The summed E-state index contributed by atoms with van der Waals surface area (Å²) in [7, 11) is 1.47. The van der Waals surface area contributed by atoms with Crippen LogP contribution in [0.2, 0.25) is 0 Å². The number of carbonyl (C=O) groups is 2. The van der Waals surface area contributed by atoms with Gasteiger partial charge in [-0.15, -0.1) is 0 Å². The van der Waals surface area contributed by atoms with E-state index < -0.39 is 11.5 Å². The van der Waals surface area contributed by atoms with Crippen molar-refractivity contribution in [1.29, 1.82) is 0 Å². The minimum Gasteiger partial charge on any atom is -0.502 e. The first-order valence-corrected chi connectivity index (χ1v) is 11.9. The Labute approximate surface area is 212 Å². The molecule has 0 spiro atoms. The summed E-state index contributed by atoms with van der Waals surface area (Å²) in [6.45, 7) is 9.36. The number of rotatable bonds is 10. The van der Waals surface area contributed by atoms with Crippen molar-refractivity contribution in [3.63, 3.8) is 0 Å².